The zero-order chi connectivity index (χ0) is 9.76. The summed E-state index contributed by atoms with van der Waals surface area (Å²) >= 11 is 0. The predicted molar refractivity (Wildman–Crippen MR) is 55.3 cm³/mol. The van der Waals surface area contributed by atoms with Crippen LogP contribution in [0, 0.1) is 5.92 Å². The van der Waals surface area contributed by atoms with Gasteiger partial charge < -0.3 is 10.8 Å². The van der Waals surface area contributed by atoms with Crippen LogP contribution in [0.5, 0.6) is 5.75 Å². The molecule has 1 unspecified atom stereocenters. The van der Waals surface area contributed by atoms with Gasteiger partial charge in [0.1, 0.15) is 5.75 Å². The molecule has 0 bridgehead atoms. The fourth-order valence-corrected chi connectivity index (χ4v) is 3.01. The Kier molecular flexibility index (Phi) is 1.49. The third-order valence-electron chi connectivity index (χ3n) is 3.95. The number of phenols is 1. The van der Waals surface area contributed by atoms with Crippen molar-refractivity contribution in [1.82, 2.24) is 0 Å². The molecule has 0 heterocycles. The highest BCUT2D eigenvalue weighted by molar-refractivity contribution is 5.48. The lowest BCUT2D eigenvalue weighted by Crippen LogP contribution is -2.23. The number of aromatic hydroxyl groups is 1. The second-order valence-corrected chi connectivity index (χ2v) is 4.63. The van der Waals surface area contributed by atoms with Crippen LogP contribution in [0.3, 0.4) is 0 Å². The lowest BCUT2D eigenvalue weighted by Gasteiger charge is -2.16. The summed E-state index contributed by atoms with van der Waals surface area (Å²) in [6.07, 6.45) is 3.61. The van der Waals surface area contributed by atoms with Gasteiger partial charge in [0, 0.05) is 5.41 Å². The van der Waals surface area contributed by atoms with Crippen molar-refractivity contribution in [3.8, 4) is 5.75 Å². The quantitative estimate of drug-likeness (QED) is 0.704. The van der Waals surface area contributed by atoms with E-state index >= 15 is 0 Å². The minimum Gasteiger partial charge on any atom is -0.508 e. The van der Waals surface area contributed by atoms with Gasteiger partial charge in [-0.15, -0.1) is 0 Å². The highest BCUT2D eigenvalue weighted by atomic mass is 16.3. The first-order valence-electron chi connectivity index (χ1n) is 5.29. The largest absolute Gasteiger partial charge is 0.508 e. The molecule has 3 N–H and O–H groups in total. The third-order valence-corrected chi connectivity index (χ3v) is 3.95. The van der Waals surface area contributed by atoms with E-state index in [1.54, 1.807) is 6.07 Å². The Bertz CT molecular complexity index is 382. The Morgan fingerprint density at radius 3 is 2.86 bits per heavy atom. The lowest BCUT2D eigenvalue weighted by atomic mass is 9.89. The summed E-state index contributed by atoms with van der Waals surface area (Å²) in [5, 5.41) is 9.48. The molecular weight excluding hydrogens is 174 g/mol. The standard InChI is InChI=1S/C12H15NO/c13-7-9-5-8-1-2-10(14)6-11(8)12(9)3-4-12/h1-2,6,9,14H,3-5,7,13H2. The molecule has 2 nitrogen and oxygen atoms in total. The van der Waals surface area contributed by atoms with Crippen molar-refractivity contribution in [2.24, 2.45) is 11.7 Å². The summed E-state index contributed by atoms with van der Waals surface area (Å²) in [5.74, 6) is 1.01. The normalized spacial score (nSPS) is 26.5. The number of rotatable bonds is 1. The van der Waals surface area contributed by atoms with Crippen LogP contribution in [0.1, 0.15) is 24.0 Å². The van der Waals surface area contributed by atoms with Crippen molar-refractivity contribution >= 4 is 0 Å². The fraction of sp³-hybridized carbons (Fsp3) is 0.500. The van der Waals surface area contributed by atoms with E-state index in [9.17, 15) is 5.11 Å². The zero-order valence-corrected chi connectivity index (χ0v) is 8.16. The van der Waals surface area contributed by atoms with Crippen molar-refractivity contribution in [2.45, 2.75) is 24.7 Å². The van der Waals surface area contributed by atoms with Gasteiger partial charge in [-0.3, -0.25) is 0 Å². The smallest absolute Gasteiger partial charge is 0.115 e. The maximum atomic E-state index is 9.48. The molecule has 0 aromatic heterocycles. The van der Waals surface area contributed by atoms with Crippen LogP contribution in [-0.4, -0.2) is 11.7 Å². The molecule has 1 atom stereocenters. The zero-order valence-electron chi connectivity index (χ0n) is 8.16. The molecule has 1 aromatic rings. The first-order chi connectivity index (χ1) is 6.76. The van der Waals surface area contributed by atoms with Gasteiger partial charge in [-0.05, 0) is 55.0 Å². The van der Waals surface area contributed by atoms with Crippen LogP contribution >= 0.6 is 0 Å². The van der Waals surface area contributed by atoms with Gasteiger partial charge in [0.2, 0.25) is 0 Å². The molecule has 0 radical (unpaired) electrons. The summed E-state index contributed by atoms with van der Waals surface area (Å²) in [6, 6.07) is 5.78. The van der Waals surface area contributed by atoms with Crippen LogP contribution in [-0.2, 0) is 11.8 Å². The first kappa shape index (κ1) is 8.30. The molecule has 74 valence electrons. The van der Waals surface area contributed by atoms with Crippen LogP contribution in [0.4, 0.5) is 0 Å². The van der Waals surface area contributed by atoms with Gasteiger partial charge in [0.15, 0.2) is 0 Å². The van der Waals surface area contributed by atoms with Gasteiger partial charge in [-0.1, -0.05) is 6.07 Å². The molecule has 0 saturated heterocycles. The molecule has 0 aliphatic heterocycles. The van der Waals surface area contributed by atoms with E-state index in [1.807, 2.05) is 6.07 Å². The van der Waals surface area contributed by atoms with Crippen LogP contribution in [0.2, 0.25) is 0 Å². The topological polar surface area (TPSA) is 46.2 Å². The van der Waals surface area contributed by atoms with Crippen molar-refractivity contribution in [1.29, 1.82) is 0 Å². The summed E-state index contributed by atoms with van der Waals surface area (Å²) in [5.41, 5.74) is 8.92. The number of benzene rings is 1. The SMILES string of the molecule is NCC1Cc2ccc(O)cc2C12CC2. The van der Waals surface area contributed by atoms with Crippen LogP contribution in [0.15, 0.2) is 18.2 Å². The Morgan fingerprint density at radius 1 is 1.43 bits per heavy atom. The monoisotopic (exact) mass is 189 g/mol. The molecule has 1 aromatic carbocycles. The van der Waals surface area contributed by atoms with Crippen LogP contribution < -0.4 is 5.73 Å². The number of nitrogens with two attached hydrogens (primary N) is 1. The van der Waals surface area contributed by atoms with Crippen molar-refractivity contribution < 1.29 is 5.11 Å². The number of phenolic OH excluding ortho intramolecular Hbond substituents is 1. The molecule has 2 aliphatic carbocycles. The second-order valence-electron chi connectivity index (χ2n) is 4.63. The molecular formula is C12H15NO. The van der Waals surface area contributed by atoms with E-state index in [4.69, 9.17) is 5.73 Å². The van der Waals surface area contributed by atoms with E-state index in [2.05, 4.69) is 6.07 Å². The molecule has 1 saturated carbocycles. The second kappa shape index (κ2) is 2.51. The Balaban J connectivity index is 2.11. The number of hydrogen-bond donors (Lipinski definition) is 2. The average Bonchev–Trinajstić information content (AvgIpc) is 2.90. The Morgan fingerprint density at radius 2 is 2.21 bits per heavy atom. The Labute approximate surface area is 83.7 Å². The van der Waals surface area contributed by atoms with E-state index in [0.29, 0.717) is 17.1 Å². The minimum atomic E-state index is 0.350. The maximum Gasteiger partial charge on any atom is 0.115 e. The third kappa shape index (κ3) is 0.894. The minimum absolute atomic E-state index is 0.350. The highest BCUT2D eigenvalue weighted by Crippen LogP contribution is 2.59. The van der Waals surface area contributed by atoms with Gasteiger partial charge in [0.25, 0.3) is 0 Å². The van der Waals surface area contributed by atoms with Crippen molar-refractivity contribution in [3.05, 3.63) is 29.3 Å². The van der Waals surface area contributed by atoms with Gasteiger partial charge in [-0.2, -0.15) is 0 Å². The highest BCUT2D eigenvalue weighted by Gasteiger charge is 2.54. The van der Waals surface area contributed by atoms with Gasteiger partial charge >= 0.3 is 0 Å². The fourth-order valence-electron chi connectivity index (χ4n) is 3.01. The predicted octanol–water partition coefficient (Wildman–Crippen LogP) is 1.55. The van der Waals surface area contributed by atoms with Crippen molar-refractivity contribution in [3.63, 3.8) is 0 Å². The van der Waals surface area contributed by atoms with Gasteiger partial charge in [-0.25, -0.2) is 0 Å². The van der Waals surface area contributed by atoms with Crippen molar-refractivity contribution in [2.75, 3.05) is 6.54 Å². The molecule has 0 amide bonds. The average molecular weight is 189 g/mol. The summed E-state index contributed by atoms with van der Waals surface area (Å²) in [7, 11) is 0. The summed E-state index contributed by atoms with van der Waals surface area (Å²) < 4.78 is 0. The molecule has 1 spiro atoms. The summed E-state index contributed by atoms with van der Waals surface area (Å²) in [6.45, 7) is 0.773. The number of fused-ring (bicyclic) bond motifs is 2. The van der Waals surface area contributed by atoms with E-state index in [-0.39, 0.29) is 0 Å². The molecule has 1 fully saturated rings. The molecule has 14 heavy (non-hydrogen) atoms. The van der Waals surface area contributed by atoms with E-state index in [0.717, 1.165) is 13.0 Å². The lowest BCUT2D eigenvalue weighted by molar-refractivity contribution is 0.446. The first-order valence-corrected chi connectivity index (χ1v) is 5.29. The molecule has 2 aliphatic rings. The van der Waals surface area contributed by atoms with E-state index in [1.165, 1.54) is 24.0 Å². The summed E-state index contributed by atoms with van der Waals surface area (Å²) in [4.78, 5) is 0. The maximum absolute atomic E-state index is 9.48. The molecule has 3 rings (SSSR count). The molecule has 2 heteroatoms. The van der Waals surface area contributed by atoms with Crippen LogP contribution in [0.25, 0.3) is 0 Å². The Hall–Kier alpha value is -1.02. The van der Waals surface area contributed by atoms with E-state index < -0.39 is 0 Å². The number of hydrogen-bond acceptors (Lipinski definition) is 2. The van der Waals surface area contributed by atoms with Gasteiger partial charge in [0.05, 0.1) is 0 Å².